The monoisotopic (exact) mass is 479 g/mol. The average molecular weight is 480 g/mol. The van der Waals surface area contributed by atoms with Crippen molar-refractivity contribution >= 4 is 39.9 Å². The minimum absolute atomic E-state index is 0.0851. The normalized spacial score (nSPS) is 15.9. The molecule has 172 valence electrons. The number of ketones is 1. The van der Waals surface area contributed by atoms with Gasteiger partial charge in [-0.1, -0.05) is 11.6 Å². The number of furan rings is 2. The van der Waals surface area contributed by atoms with Gasteiger partial charge in [0.25, 0.3) is 5.91 Å². The fourth-order valence-corrected chi connectivity index (χ4v) is 4.26. The van der Waals surface area contributed by atoms with Gasteiger partial charge in [0.2, 0.25) is 5.78 Å². The van der Waals surface area contributed by atoms with Crippen molar-refractivity contribution in [1.29, 1.82) is 0 Å². The lowest BCUT2D eigenvalue weighted by Crippen LogP contribution is -2.30. The van der Waals surface area contributed by atoms with Crippen LogP contribution in [-0.4, -0.2) is 31.0 Å². The summed E-state index contributed by atoms with van der Waals surface area (Å²) in [4.78, 5) is 28.1. The number of rotatable bonds is 6. The number of methoxy groups -OCH3 is 2. The smallest absolute Gasteiger partial charge is 0.294 e. The summed E-state index contributed by atoms with van der Waals surface area (Å²) in [5, 5.41) is 11.8. The molecule has 0 saturated carbocycles. The van der Waals surface area contributed by atoms with Crippen molar-refractivity contribution in [1.82, 2.24) is 0 Å². The van der Waals surface area contributed by atoms with Crippen LogP contribution in [0.5, 0.6) is 11.5 Å². The molecule has 0 bridgehead atoms. The van der Waals surface area contributed by atoms with Crippen molar-refractivity contribution < 1.29 is 33.0 Å². The molecule has 0 spiro atoms. The first-order valence-corrected chi connectivity index (χ1v) is 10.6. The third-order valence-electron chi connectivity index (χ3n) is 5.61. The second-order valence-corrected chi connectivity index (χ2v) is 7.96. The predicted molar refractivity (Wildman–Crippen MR) is 124 cm³/mol. The molecule has 1 unspecified atom stereocenters. The van der Waals surface area contributed by atoms with Gasteiger partial charge in [0.05, 0.1) is 26.1 Å². The van der Waals surface area contributed by atoms with Gasteiger partial charge in [-0.2, -0.15) is 0 Å². The van der Waals surface area contributed by atoms with Crippen LogP contribution in [0.2, 0.25) is 5.02 Å². The molecular weight excluding hydrogens is 462 g/mol. The Morgan fingerprint density at radius 1 is 1.09 bits per heavy atom. The van der Waals surface area contributed by atoms with Crippen LogP contribution in [-0.2, 0) is 4.79 Å². The van der Waals surface area contributed by atoms with E-state index in [0.29, 0.717) is 38.9 Å². The number of aliphatic hydroxyl groups excluding tert-OH is 1. The van der Waals surface area contributed by atoms with Crippen molar-refractivity contribution in [2.45, 2.75) is 6.04 Å². The Morgan fingerprint density at radius 3 is 2.50 bits per heavy atom. The first kappa shape index (κ1) is 21.7. The van der Waals surface area contributed by atoms with E-state index in [2.05, 4.69) is 0 Å². The molecular formula is C25H18ClNO7. The van der Waals surface area contributed by atoms with Crippen molar-refractivity contribution in [2.75, 3.05) is 19.1 Å². The third-order valence-corrected chi connectivity index (χ3v) is 5.82. The summed E-state index contributed by atoms with van der Waals surface area (Å²) in [6.07, 6.45) is 1.43. The number of carbonyl (C=O) groups is 2. The quantitative estimate of drug-likeness (QED) is 0.365. The zero-order valence-electron chi connectivity index (χ0n) is 18.1. The molecule has 1 atom stereocenters. The summed E-state index contributed by atoms with van der Waals surface area (Å²) < 4.78 is 21.8. The number of hydrogen-bond acceptors (Lipinski definition) is 7. The van der Waals surface area contributed by atoms with E-state index in [4.69, 9.17) is 29.9 Å². The Morgan fingerprint density at radius 2 is 1.85 bits per heavy atom. The molecule has 0 radical (unpaired) electrons. The number of halogens is 1. The van der Waals surface area contributed by atoms with Gasteiger partial charge in [-0.05, 0) is 48.5 Å². The molecule has 2 aromatic heterocycles. The Balaban J connectivity index is 1.62. The lowest BCUT2D eigenvalue weighted by molar-refractivity contribution is -0.117. The molecule has 0 fully saturated rings. The van der Waals surface area contributed by atoms with E-state index in [0.717, 1.165) is 0 Å². The van der Waals surface area contributed by atoms with Crippen LogP contribution in [0.3, 0.4) is 0 Å². The molecule has 3 heterocycles. The number of hydrogen-bond donors (Lipinski definition) is 1. The molecule has 5 rings (SSSR count). The molecule has 9 heteroatoms. The highest BCUT2D eigenvalue weighted by atomic mass is 35.5. The van der Waals surface area contributed by atoms with Crippen molar-refractivity contribution in [2.24, 2.45) is 0 Å². The lowest BCUT2D eigenvalue weighted by atomic mass is 9.99. The second kappa shape index (κ2) is 8.31. The number of benzene rings is 2. The molecule has 1 aliphatic heterocycles. The topological polar surface area (TPSA) is 102 Å². The standard InChI is InChI=1S/C25H18ClNO7/c1-31-16-7-5-15(6-8-16)27-21(17-4-3-9-33-17)20(23(29)25(27)30)22(28)18-11-13-10-14(26)12-19(32-2)24(13)34-18/h3-12,21,29H,1-2H3. The molecule has 34 heavy (non-hydrogen) atoms. The summed E-state index contributed by atoms with van der Waals surface area (Å²) in [6.45, 7) is 0. The predicted octanol–water partition coefficient (Wildman–Crippen LogP) is 5.48. The number of Topliss-reactive ketones (excluding diaryl/α,β-unsaturated/α-hetero) is 1. The van der Waals surface area contributed by atoms with Gasteiger partial charge in [0, 0.05) is 22.2 Å². The number of carbonyl (C=O) groups excluding carboxylic acids is 2. The molecule has 8 nitrogen and oxygen atoms in total. The fourth-order valence-electron chi connectivity index (χ4n) is 4.04. The highest BCUT2D eigenvalue weighted by molar-refractivity contribution is 6.31. The molecule has 1 N–H and O–H groups in total. The highest BCUT2D eigenvalue weighted by Gasteiger charge is 2.46. The van der Waals surface area contributed by atoms with Gasteiger partial charge >= 0.3 is 0 Å². The Labute approximate surface area is 198 Å². The Kier molecular flexibility index (Phi) is 5.30. The van der Waals surface area contributed by atoms with Gasteiger partial charge in [-0.15, -0.1) is 0 Å². The maximum atomic E-state index is 13.6. The second-order valence-electron chi connectivity index (χ2n) is 7.52. The van der Waals surface area contributed by atoms with Crippen LogP contribution in [0, 0.1) is 0 Å². The van der Waals surface area contributed by atoms with Crippen LogP contribution >= 0.6 is 11.6 Å². The Hall–Kier alpha value is -4.17. The molecule has 2 aromatic carbocycles. The zero-order valence-corrected chi connectivity index (χ0v) is 18.8. The number of fused-ring (bicyclic) bond motifs is 1. The molecule has 0 saturated heterocycles. The fraction of sp³-hybridized carbons (Fsp3) is 0.120. The van der Waals surface area contributed by atoms with Gasteiger partial charge in [0.15, 0.2) is 22.9 Å². The van der Waals surface area contributed by atoms with E-state index in [1.165, 1.54) is 31.4 Å². The van der Waals surface area contributed by atoms with Gasteiger partial charge < -0.3 is 23.4 Å². The van der Waals surface area contributed by atoms with Crippen molar-refractivity contribution in [3.63, 3.8) is 0 Å². The van der Waals surface area contributed by atoms with E-state index in [1.807, 2.05) is 0 Å². The van der Waals surface area contributed by atoms with Crippen molar-refractivity contribution in [3.05, 3.63) is 88.7 Å². The van der Waals surface area contributed by atoms with E-state index < -0.39 is 23.5 Å². The SMILES string of the molecule is COc1ccc(N2C(=O)C(O)=C(C(=O)c3cc4cc(Cl)cc(OC)c4o3)C2c2ccco2)cc1. The van der Waals surface area contributed by atoms with Crippen LogP contribution in [0.4, 0.5) is 5.69 Å². The third kappa shape index (κ3) is 3.39. The van der Waals surface area contributed by atoms with E-state index in [1.54, 1.807) is 48.5 Å². The van der Waals surface area contributed by atoms with E-state index >= 15 is 0 Å². The van der Waals surface area contributed by atoms with Crippen LogP contribution < -0.4 is 14.4 Å². The minimum atomic E-state index is -1.01. The van der Waals surface area contributed by atoms with Gasteiger partial charge in [-0.3, -0.25) is 14.5 Å². The molecule has 4 aromatic rings. The first-order chi connectivity index (χ1) is 16.4. The van der Waals surface area contributed by atoms with Gasteiger partial charge in [-0.25, -0.2) is 0 Å². The molecule has 1 aliphatic rings. The van der Waals surface area contributed by atoms with E-state index in [-0.39, 0.29) is 11.3 Å². The molecule has 1 amide bonds. The van der Waals surface area contributed by atoms with Crippen LogP contribution in [0.1, 0.15) is 22.4 Å². The van der Waals surface area contributed by atoms with Crippen LogP contribution in [0.25, 0.3) is 11.0 Å². The summed E-state index contributed by atoms with van der Waals surface area (Å²) in [7, 11) is 2.99. The summed E-state index contributed by atoms with van der Waals surface area (Å²) in [5.41, 5.74) is 0.598. The van der Waals surface area contributed by atoms with Crippen LogP contribution in [0.15, 0.2) is 81.0 Å². The Bertz CT molecular complexity index is 1430. The number of nitrogens with zero attached hydrogens (tertiary/aromatic N) is 1. The zero-order chi connectivity index (χ0) is 24.0. The summed E-state index contributed by atoms with van der Waals surface area (Å²) in [6, 6.07) is 13.6. The molecule has 0 aliphatic carbocycles. The lowest BCUT2D eigenvalue weighted by Gasteiger charge is -2.24. The summed E-state index contributed by atoms with van der Waals surface area (Å²) in [5.74, 6) is -0.943. The number of amides is 1. The first-order valence-electron chi connectivity index (χ1n) is 10.2. The van der Waals surface area contributed by atoms with Crippen molar-refractivity contribution in [3.8, 4) is 11.5 Å². The number of aliphatic hydroxyl groups is 1. The highest BCUT2D eigenvalue weighted by Crippen LogP contribution is 2.43. The average Bonchev–Trinajstić information content (AvgIpc) is 3.57. The minimum Gasteiger partial charge on any atom is -0.503 e. The maximum Gasteiger partial charge on any atom is 0.294 e. The summed E-state index contributed by atoms with van der Waals surface area (Å²) >= 11 is 6.13. The van der Waals surface area contributed by atoms with Gasteiger partial charge in [0.1, 0.15) is 17.6 Å². The van der Waals surface area contributed by atoms with E-state index in [9.17, 15) is 14.7 Å². The largest absolute Gasteiger partial charge is 0.503 e. The number of anilines is 1. The maximum absolute atomic E-state index is 13.6. The number of ether oxygens (including phenoxy) is 2.